The molecular formula is C30H34N10O4S2. The van der Waals surface area contributed by atoms with Crippen LogP contribution in [0, 0.1) is 0 Å². The Bertz CT molecular complexity index is 1580. The summed E-state index contributed by atoms with van der Waals surface area (Å²) in [7, 11) is 0. The van der Waals surface area contributed by atoms with Gasteiger partial charge in [0.2, 0.25) is 22.1 Å². The monoisotopic (exact) mass is 662 g/mol. The molecule has 16 heteroatoms. The Morgan fingerprint density at radius 1 is 0.739 bits per heavy atom. The lowest BCUT2D eigenvalue weighted by molar-refractivity contribution is -0.116. The molecule has 3 fully saturated rings. The summed E-state index contributed by atoms with van der Waals surface area (Å²) >= 11 is 2.79. The van der Waals surface area contributed by atoms with Crippen LogP contribution in [0.15, 0.2) is 36.7 Å². The van der Waals surface area contributed by atoms with Crippen molar-refractivity contribution < 1.29 is 19.8 Å². The number of aliphatic hydroxyl groups is 2. The molecule has 1 saturated carbocycles. The van der Waals surface area contributed by atoms with E-state index in [2.05, 4.69) is 41.0 Å². The van der Waals surface area contributed by atoms with Crippen LogP contribution in [0.25, 0.3) is 0 Å². The standard InChI is InChI=1S/C30H34N10O4S2/c41-23-13-39(14-23)21-4-6-31-19(9-21)11-25(43)33-29-37-35-27(45-29)17-2-1-3-18(8-17)28-36-38-30(46-28)34-26(44)12-20-10-22(5-7-32-20)40-15-24(42)16-40/h4-7,9-10,17-18,23-24,41-42H,1-3,8,11-16H2,(H,33,37,43)(H,34,38,44)/t17-,18-/m0/s1. The molecule has 2 atom stereocenters. The summed E-state index contributed by atoms with van der Waals surface area (Å²) in [5.41, 5.74) is 3.19. The molecule has 46 heavy (non-hydrogen) atoms. The predicted octanol–water partition coefficient (Wildman–Crippen LogP) is 2.35. The van der Waals surface area contributed by atoms with E-state index in [1.165, 1.54) is 22.7 Å². The first kappa shape index (κ1) is 30.5. The third kappa shape index (κ3) is 7.14. The Morgan fingerprint density at radius 3 is 1.63 bits per heavy atom. The van der Waals surface area contributed by atoms with Crippen molar-refractivity contribution in [2.24, 2.45) is 0 Å². The van der Waals surface area contributed by atoms with Crippen molar-refractivity contribution in [1.82, 2.24) is 30.4 Å². The van der Waals surface area contributed by atoms with Gasteiger partial charge in [0, 0.05) is 61.8 Å². The van der Waals surface area contributed by atoms with Gasteiger partial charge in [-0.15, -0.1) is 20.4 Å². The van der Waals surface area contributed by atoms with Crippen LogP contribution in [-0.2, 0) is 22.4 Å². The summed E-state index contributed by atoms with van der Waals surface area (Å²) in [5.74, 6) is -0.0271. The third-order valence-corrected chi connectivity index (χ3v) is 10.5. The highest BCUT2D eigenvalue weighted by Gasteiger charge is 2.30. The number of anilines is 4. The van der Waals surface area contributed by atoms with Crippen LogP contribution < -0.4 is 20.4 Å². The molecule has 0 unspecified atom stereocenters. The summed E-state index contributed by atoms with van der Waals surface area (Å²) in [4.78, 5) is 38.2. The Morgan fingerprint density at radius 2 is 1.20 bits per heavy atom. The number of amides is 2. The zero-order chi connectivity index (χ0) is 31.6. The summed E-state index contributed by atoms with van der Waals surface area (Å²) in [5, 5.41) is 44.8. The van der Waals surface area contributed by atoms with Crippen molar-refractivity contribution in [3.05, 3.63) is 58.1 Å². The zero-order valence-corrected chi connectivity index (χ0v) is 26.6. The summed E-state index contributed by atoms with van der Waals surface area (Å²) < 4.78 is 0. The number of carbonyl (C=O) groups is 2. The first-order chi connectivity index (χ1) is 22.3. The largest absolute Gasteiger partial charge is 0.389 e. The van der Waals surface area contributed by atoms with Gasteiger partial charge in [-0.25, -0.2) is 0 Å². The predicted molar refractivity (Wildman–Crippen MR) is 173 cm³/mol. The molecule has 4 aromatic rings. The number of nitrogens with one attached hydrogen (secondary N) is 2. The van der Waals surface area contributed by atoms with E-state index in [0.717, 1.165) is 47.1 Å². The van der Waals surface area contributed by atoms with E-state index in [0.29, 0.717) is 47.8 Å². The molecule has 240 valence electrons. The molecule has 4 aromatic heterocycles. The average molecular weight is 663 g/mol. The Balaban J connectivity index is 0.904. The second-order valence-corrected chi connectivity index (χ2v) is 14.0. The highest BCUT2D eigenvalue weighted by Crippen LogP contribution is 2.43. The van der Waals surface area contributed by atoms with Gasteiger partial charge in [-0.1, -0.05) is 29.1 Å². The lowest BCUT2D eigenvalue weighted by atomic mass is 9.82. The molecule has 0 spiro atoms. The number of carbonyl (C=O) groups excluding carboxylic acids is 2. The average Bonchev–Trinajstić information content (AvgIpc) is 3.68. The maximum Gasteiger partial charge on any atom is 0.232 e. The second kappa shape index (κ2) is 13.3. The van der Waals surface area contributed by atoms with Crippen molar-refractivity contribution in [3.8, 4) is 0 Å². The molecule has 0 radical (unpaired) electrons. The van der Waals surface area contributed by atoms with E-state index in [1.807, 2.05) is 34.1 Å². The van der Waals surface area contributed by atoms with Crippen molar-refractivity contribution in [2.75, 3.05) is 46.6 Å². The van der Waals surface area contributed by atoms with Crippen LogP contribution in [0.4, 0.5) is 21.6 Å². The number of hydrogen-bond donors (Lipinski definition) is 4. The van der Waals surface area contributed by atoms with Gasteiger partial charge in [-0.2, -0.15) is 0 Å². The molecule has 2 saturated heterocycles. The fourth-order valence-electron chi connectivity index (χ4n) is 6.04. The lowest BCUT2D eigenvalue weighted by Crippen LogP contribution is -2.50. The number of aromatic nitrogens is 6. The van der Waals surface area contributed by atoms with Crippen LogP contribution in [-0.4, -0.2) is 90.8 Å². The van der Waals surface area contributed by atoms with Crippen LogP contribution >= 0.6 is 22.7 Å². The van der Waals surface area contributed by atoms with Crippen molar-refractivity contribution in [3.63, 3.8) is 0 Å². The SMILES string of the molecule is O=C(Cc1cc(N2CC(O)C2)ccn1)Nc1nnc([C@H]2CCC[C@H](c3nnc(NC(=O)Cc4cc(N5CC(O)C5)ccn4)s3)C2)s1. The summed E-state index contributed by atoms with van der Waals surface area (Å²) in [6.07, 6.45) is 6.79. The Labute approximate surface area is 272 Å². The van der Waals surface area contributed by atoms with Gasteiger partial charge in [-0.05, 0) is 43.5 Å². The minimum absolute atomic E-state index is 0.118. The first-order valence-electron chi connectivity index (χ1n) is 15.4. The number of hydrogen-bond acceptors (Lipinski definition) is 14. The summed E-state index contributed by atoms with van der Waals surface area (Å²) in [6.45, 7) is 2.34. The van der Waals surface area contributed by atoms with Crippen LogP contribution in [0.2, 0.25) is 0 Å². The van der Waals surface area contributed by atoms with Gasteiger partial charge < -0.3 is 30.6 Å². The smallest absolute Gasteiger partial charge is 0.232 e. The Hall–Kier alpha value is -4.12. The Kier molecular flexibility index (Phi) is 8.84. The normalized spacial score (nSPS) is 20.2. The maximum atomic E-state index is 12.7. The molecule has 14 nitrogen and oxygen atoms in total. The number of nitrogens with zero attached hydrogens (tertiary/aromatic N) is 8. The van der Waals surface area contributed by atoms with Gasteiger partial charge in [-0.3, -0.25) is 19.6 Å². The topological polar surface area (TPSA) is 182 Å². The number of β-amino-alcohol motifs (C(OH)–C–C–N with tert-alkyl or cyclic N) is 2. The van der Waals surface area contributed by atoms with E-state index in [-0.39, 0.29) is 48.7 Å². The van der Waals surface area contributed by atoms with Gasteiger partial charge >= 0.3 is 0 Å². The minimum atomic E-state index is -0.306. The van der Waals surface area contributed by atoms with E-state index in [9.17, 15) is 19.8 Å². The molecular weight excluding hydrogens is 629 g/mol. The summed E-state index contributed by atoms with van der Waals surface area (Å²) in [6, 6.07) is 7.51. The van der Waals surface area contributed by atoms with E-state index in [4.69, 9.17) is 0 Å². The molecule has 1 aliphatic carbocycles. The number of aliphatic hydroxyl groups excluding tert-OH is 2. The van der Waals surface area contributed by atoms with E-state index in [1.54, 1.807) is 12.4 Å². The highest BCUT2D eigenvalue weighted by molar-refractivity contribution is 7.15. The van der Waals surface area contributed by atoms with E-state index >= 15 is 0 Å². The van der Waals surface area contributed by atoms with Crippen LogP contribution in [0.1, 0.15) is 58.9 Å². The quantitative estimate of drug-likeness (QED) is 0.195. The van der Waals surface area contributed by atoms with Crippen LogP contribution in [0.3, 0.4) is 0 Å². The van der Waals surface area contributed by atoms with Crippen molar-refractivity contribution in [2.45, 2.75) is 62.6 Å². The highest BCUT2D eigenvalue weighted by atomic mass is 32.1. The fraction of sp³-hybridized carbons (Fsp3) is 0.467. The van der Waals surface area contributed by atoms with Gasteiger partial charge in [0.05, 0.1) is 36.4 Å². The number of pyridine rings is 2. The molecule has 4 N–H and O–H groups in total. The third-order valence-electron chi connectivity index (χ3n) is 8.49. The second-order valence-electron chi connectivity index (χ2n) is 12.0. The fourth-order valence-corrected chi connectivity index (χ4v) is 7.86. The molecule has 3 aliphatic rings. The zero-order valence-electron chi connectivity index (χ0n) is 24.9. The molecule has 6 heterocycles. The van der Waals surface area contributed by atoms with Gasteiger partial charge in [0.25, 0.3) is 0 Å². The first-order valence-corrected chi connectivity index (χ1v) is 17.0. The van der Waals surface area contributed by atoms with Crippen molar-refractivity contribution in [1.29, 1.82) is 0 Å². The van der Waals surface area contributed by atoms with Crippen LogP contribution in [0.5, 0.6) is 0 Å². The van der Waals surface area contributed by atoms with E-state index < -0.39 is 0 Å². The molecule has 2 amide bonds. The molecule has 0 bridgehead atoms. The molecule has 2 aliphatic heterocycles. The minimum Gasteiger partial charge on any atom is -0.389 e. The van der Waals surface area contributed by atoms with Gasteiger partial charge in [0.15, 0.2) is 0 Å². The molecule has 0 aromatic carbocycles. The maximum absolute atomic E-state index is 12.7. The van der Waals surface area contributed by atoms with Gasteiger partial charge in [0.1, 0.15) is 10.0 Å². The lowest BCUT2D eigenvalue weighted by Gasteiger charge is -2.37. The molecule has 7 rings (SSSR count). The number of rotatable bonds is 10. The van der Waals surface area contributed by atoms with Crippen molar-refractivity contribution >= 4 is 56.1 Å².